The first kappa shape index (κ1) is 13.8. The summed E-state index contributed by atoms with van der Waals surface area (Å²) < 4.78 is 0. The van der Waals surface area contributed by atoms with Crippen molar-refractivity contribution in [2.45, 2.75) is 22.6 Å². The standard InChI is InChI=1S/C17H16OS2/c1-12(18)13-5-4-6-15(9-13)19-10-14-11-20-17-8-3-2-7-16(14)17/h2-9,14H,10-11H2,1H3. The van der Waals surface area contributed by atoms with Gasteiger partial charge in [0.15, 0.2) is 5.78 Å². The first-order chi connectivity index (χ1) is 9.74. The van der Waals surface area contributed by atoms with Crippen molar-refractivity contribution in [3.05, 3.63) is 59.7 Å². The van der Waals surface area contributed by atoms with E-state index < -0.39 is 0 Å². The van der Waals surface area contributed by atoms with E-state index in [4.69, 9.17) is 0 Å². The van der Waals surface area contributed by atoms with Gasteiger partial charge in [-0.25, -0.2) is 0 Å². The van der Waals surface area contributed by atoms with Crippen molar-refractivity contribution in [2.24, 2.45) is 0 Å². The van der Waals surface area contributed by atoms with Crippen molar-refractivity contribution in [1.82, 2.24) is 0 Å². The third-order valence-corrected chi connectivity index (χ3v) is 5.90. The van der Waals surface area contributed by atoms with E-state index in [9.17, 15) is 4.79 Å². The molecule has 2 aromatic rings. The Labute approximate surface area is 128 Å². The number of thioether (sulfide) groups is 2. The lowest BCUT2D eigenvalue weighted by atomic mass is 10.0. The highest BCUT2D eigenvalue weighted by molar-refractivity contribution is 8.00. The molecule has 20 heavy (non-hydrogen) atoms. The average Bonchev–Trinajstić information content (AvgIpc) is 2.89. The van der Waals surface area contributed by atoms with Gasteiger partial charge in [-0.15, -0.1) is 23.5 Å². The molecular formula is C17H16OS2. The third kappa shape index (κ3) is 2.94. The second-order valence-electron chi connectivity index (χ2n) is 4.94. The van der Waals surface area contributed by atoms with Crippen LogP contribution in [0.25, 0.3) is 0 Å². The topological polar surface area (TPSA) is 17.1 Å². The molecule has 0 spiro atoms. The maximum absolute atomic E-state index is 11.4. The molecule has 0 fully saturated rings. The number of ketones is 1. The summed E-state index contributed by atoms with van der Waals surface area (Å²) in [6.45, 7) is 1.62. The molecule has 1 atom stereocenters. The van der Waals surface area contributed by atoms with E-state index in [0.717, 1.165) is 11.3 Å². The Morgan fingerprint density at radius 3 is 2.95 bits per heavy atom. The van der Waals surface area contributed by atoms with Crippen LogP contribution in [0.15, 0.2) is 58.3 Å². The second-order valence-corrected chi connectivity index (χ2v) is 7.10. The molecule has 0 saturated heterocycles. The summed E-state index contributed by atoms with van der Waals surface area (Å²) in [5.74, 6) is 2.99. The molecule has 0 N–H and O–H groups in total. The molecule has 102 valence electrons. The Morgan fingerprint density at radius 2 is 2.10 bits per heavy atom. The Kier molecular flexibility index (Phi) is 4.18. The van der Waals surface area contributed by atoms with E-state index in [1.54, 1.807) is 6.92 Å². The number of rotatable bonds is 4. The van der Waals surface area contributed by atoms with Crippen molar-refractivity contribution in [3.63, 3.8) is 0 Å². The molecule has 1 aliphatic rings. The van der Waals surface area contributed by atoms with E-state index in [-0.39, 0.29) is 5.78 Å². The molecule has 3 rings (SSSR count). The lowest BCUT2D eigenvalue weighted by molar-refractivity contribution is 0.101. The van der Waals surface area contributed by atoms with Gasteiger partial charge in [-0.05, 0) is 30.7 Å². The molecule has 2 aromatic carbocycles. The highest BCUT2D eigenvalue weighted by Crippen LogP contribution is 2.41. The zero-order valence-corrected chi connectivity index (χ0v) is 13.0. The molecule has 0 radical (unpaired) electrons. The highest BCUT2D eigenvalue weighted by atomic mass is 32.2. The first-order valence-electron chi connectivity index (χ1n) is 6.69. The minimum Gasteiger partial charge on any atom is -0.295 e. The number of benzene rings is 2. The van der Waals surface area contributed by atoms with E-state index in [1.807, 2.05) is 41.7 Å². The summed E-state index contributed by atoms with van der Waals surface area (Å²) in [5, 5.41) is 0. The van der Waals surface area contributed by atoms with Crippen LogP contribution in [0, 0.1) is 0 Å². The second kappa shape index (κ2) is 6.06. The van der Waals surface area contributed by atoms with Crippen molar-refractivity contribution in [2.75, 3.05) is 11.5 Å². The number of Topliss-reactive ketones (excluding diaryl/α,β-unsaturated/α-hetero) is 1. The molecule has 0 amide bonds. The van der Waals surface area contributed by atoms with Crippen molar-refractivity contribution in [3.8, 4) is 0 Å². The van der Waals surface area contributed by atoms with Gasteiger partial charge in [0.2, 0.25) is 0 Å². The van der Waals surface area contributed by atoms with E-state index in [2.05, 4.69) is 30.3 Å². The molecule has 0 saturated carbocycles. The molecule has 1 nitrogen and oxygen atoms in total. The van der Waals surface area contributed by atoms with E-state index in [0.29, 0.717) is 5.92 Å². The predicted octanol–water partition coefficient (Wildman–Crippen LogP) is 4.87. The Bertz CT molecular complexity index is 636. The fourth-order valence-corrected chi connectivity index (χ4v) is 4.85. The number of hydrogen-bond donors (Lipinski definition) is 0. The summed E-state index contributed by atoms with van der Waals surface area (Å²) in [5.41, 5.74) is 2.28. The quantitative estimate of drug-likeness (QED) is 0.592. The largest absolute Gasteiger partial charge is 0.295 e. The average molecular weight is 300 g/mol. The van der Waals surface area contributed by atoms with Gasteiger partial charge in [0, 0.05) is 32.8 Å². The molecule has 1 unspecified atom stereocenters. The lowest BCUT2D eigenvalue weighted by Crippen LogP contribution is -2.00. The molecule has 1 heterocycles. The maximum atomic E-state index is 11.4. The number of hydrogen-bond acceptors (Lipinski definition) is 3. The fourth-order valence-electron chi connectivity index (χ4n) is 2.37. The Morgan fingerprint density at radius 1 is 1.25 bits per heavy atom. The molecule has 1 aliphatic heterocycles. The van der Waals surface area contributed by atoms with E-state index >= 15 is 0 Å². The zero-order valence-electron chi connectivity index (χ0n) is 11.3. The summed E-state index contributed by atoms with van der Waals surface area (Å²) in [7, 11) is 0. The van der Waals surface area contributed by atoms with Crippen LogP contribution in [-0.4, -0.2) is 17.3 Å². The van der Waals surface area contributed by atoms with Gasteiger partial charge >= 0.3 is 0 Å². The third-order valence-electron chi connectivity index (χ3n) is 3.49. The Balaban J connectivity index is 1.69. The summed E-state index contributed by atoms with van der Waals surface area (Å²) in [4.78, 5) is 14.0. The zero-order chi connectivity index (χ0) is 13.9. The predicted molar refractivity (Wildman–Crippen MR) is 87.1 cm³/mol. The van der Waals surface area contributed by atoms with Crippen molar-refractivity contribution >= 4 is 29.3 Å². The number of fused-ring (bicyclic) bond motifs is 1. The molecule has 3 heteroatoms. The fraction of sp³-hybridized carbons (Fsp3) is 0.235. The van der Waals surface area contributed by atoms with Crippen LogP contribution in [0.5, 0.6) is 0 Å². The van der Waals surface area contributed by atoms with Gasteiger partial charge in [0.05, 0.1) is 0 Å². The van der Waals surface area contributed by atoms with Crippen molar-refractivity contribution < 1.29 is 4.79 Å². The van der Waals surface area contributed by atoms with E-state index in [1.165, 1.54) is 21.1 Å². The van der Waals surface area contributed by atoms with Gasteiger partial charge in [-0.2, -0.15) is 0 Å². The van der Waals surface area contributed by atoms with Gasteiger partial charge in [0.1, 0.15) is 0 Å². The minimum absolute atomic E-state index is 0.134. The Hall–Kier alpha value is -1.19. The molecule has 0 bridgehead atoms. The van der Waals surface area contributed by atoms with Gasteiger partial charge in [-0.3, -0.25) is 4.79 Å². The monoisotopic (exact) mass is 300 g/mol. The van der Waals surface area contributed by atoms with Gasteiger partial charge < -0.3 is 0 Å². The summed E-state index contributed by atoms with van der Waals surface area (Å²) in [6.07, 6.45) is 0. The normalized spacial score (nSPS) is 16.9. The van der Waals surface area contributed by atoms with Crippen LogP contribution in [0.3, 0.4) is 0 Å². The highest BCUT2D eigenvalue weighted by Gasteiger charge is 2.22. The number of carbonyl (C=O) groups excluding carboxylic acids is 1. The SMILES string of the molecule is CC(=O)c1cccc(SCC2CSc3ccccc32)c1. The number of carbonyl (C=O) groups is 1. The van der Waals surface area contributed by atoms with Crippen LogP contribution in [-0.2, 0) is 0 Å². The van der Waals surface area contributed by atoms with Crippen LogP contribution in [0.1, 0.15) is 28.8 Å². The van der Waals surface area contributed by atoms with Crippen molar-refractivity contribution in [1.29, 1.82) is 0 Å². The van der Waals surface area contributed by atoms with Crippen LogP contribution in [0.2, 0.25) is 0 Å². The smallest absolute Gasteiger partial charge is 0.159 e. The minimum atomic E-state index is 0.134. The van der Waals surface area contributed by atoms with Crippen LogP contribution in [0.4, 0.5) is 0 Å². The van der Waals surface area contributed by atoms with Crippen LogP contribution < -0.4 is 0 Å². The van der Waals surface area contributed by atoms with Gasteiger partial charge in [0.25, 0.3) is 0 Å². The lowest BCUT2D eigenvalue weighted by Gasteiger charge is -2.10. The summed E-state index contributed by atoms with van der Waals surface area (Å²) >= 11 is 3.80. The molecule has 0 aliphatic carbocycles. The molecular weight excluding hydrogens is 284 g/mol. The summed E-state index contributed by atoms with van der Waals surface area (Å²) in [6, 6.07) is 16.6. The van der Waals surface area contributed by atoms with Crippen LogP contribution >= 0.6 is 23.5 Å². The maximum Gasteiger partial charge on any atom is 0.159 e. The van der Waals surface area contributed by atoms with Gasteiger partial charge in [-0.1, -0.05) is 30.3 Å². The molecule has 0 aromatic heterocycles. The first-order valence-corrected chi connectivity index (χ1v) is 8.66.